The molecule has 0 aliphatic carbocycles. The molecule has 0 aliphatic rings. The third-order valence-electron chi connectivity index (χ3n) is 1.88. The molecule has 0 radical (unpaired) electrons. The van der Waals surface area contributed by atoms with E-state index in [1.54, 1.807) is 0 Å². The smallest absolute Gasteiger partial charge is 0.336 e. The van der Waals surface area contributed by atoms with Gasteiger partial charge in [-0.25, -0.2) is 17.9 Å². The molecular weight excluding hydrogens is 248 g/mol. The van der Waals surface area contributed by atoms with Crippen LogP contribution in [0.3, 0.4) is 0 Å². The molecule has 0 saturated carbocycles. The van der Waals surface area contributed by atoms with E-state index in [0.29, 0.717) is 0 Å². The van der Waals surface area contributed by atoms with Crippen LogP contribution in [-0.2, 0) is 19.6 Å². The normalized spacial score (nSPS) is 13.1. The number of carbonyl (C=O) groups is 1. The van der Waals surface area contributed by atoms with Gasteiger partial charge in [0.2, 0.25) is 10.0 Å². The van der Waals surface area contributed by atoms with Gasteiger partial charge in [0.05, 0.1) is 7.11 Å². The molecule has 2 N–H and O–H groups in total. The lowest BCUT2D eigenvalue weighted by Gasteiger charge is -2.09. The molecule has 0 saturated heterocycles. The fourth-order valence-corrected chi connectivity index (χ4v) is 2.00. The molecule has 1 rings (SSSR count). The number of carbonyl (C=O) groups excluding carboxylic acids is 1. The number of rotatable bonds is 5. The first-order chi connectivity index (χ1) is 7.97. The van der Waals surface area contributed by atoms with E-state index in [9.17, 15) is 18.3 Å². The van der Waals surface area contributed by atoms with E-state index in [-0.39, 0.29) is 4.90 Å². The van der Waals surface area contributed by atoms with Gasteiger partial charge in [0.1, 0.15) is 4.90 Å². The predicted octanol–water partition coefficient (Wildman–Crippen LogP) is -1.11. The highest BCUT2D eigenvalue weighted by Gasteiger charge is 2.20. The average Bonchev–Trinajstić information content (AvgIpc) is 2.36. The van der Waals surface area contributed by atoms with E-state index in [1.165, 1.54) is 18.3 Å². The fourth-order valence-electron chi connectivity index (χ4n) is 0.997. The molecule has 0 fully saturated rings. The standard InChI is InChI=1S/C9H12N2O5S/c1-16-9(13)8(12)6-11-17(14,15)7-3-2-4-10-5-7/h2-5,8,11-12H,6H2,1H3. The largest absolute Gasteiger partial charge is 0.467 e. The third-order valence-corrected chi connectivity index (χ3v) is 3.29. The van der Waals surface area contributed by atoms with Crippen molar-refractivity contribution in [3.05, 3.63) is 24.5 Å². The molecule has 0 amide bonds. The summed E-state index contributed by atoms with van der Waals surface area (Å²) in [7, 11) is -2.68. The van der Waals surface area contributed by atoms with Crippen LogP contribution in [0, 0.1) is 0 Å². The van der Waals surface area contributed by atoms with Gasteiger partial charge >= 0.3 is 5.97 Å². The summed E-state index contributed by atoms with van der Waals surface area (Å²) >= 11 is 0. The molecular formula is C9H12N2O5S. The number of hydrogen-bond acceptors (Lipinski definition) is 6. The summed E-state index contributed by atoms with van der Waals surface area (Å²) in [5.74, 6) is -0.904. The first-order valence-electron chi connectivity index (χ1n) is 4.63. The van der Waals surface area contributed by atoms with Crippen molar-refractivity contribution in [1.29, 1.82) is 0 Å². The summed E-state index contributed by atoms with van der Waals surface area (Å²) in [4.78, 5) is 14.5. The first-order valence-corrected chi connectivity index (χ1v) is 6.11. The van der Waals surface area contributed by atoms with E-state index >= 15 is 0 Å². The highest BCUT2D eigenvalue weighted by molar-refractivity contribution is 7.89. The number of sulfonamides is 1. The molecule has 17 heavy (non-hydrogen) atoms. The number of nitrogens with zero attached hydrogens (tertiary/aromatic N) is 1. The third kappa shape index (κ3) is 3.77. The number of hydrogen-bond donors (Lipinski definition) is 2. The highest BCUT2D eigenvalue weighted by atomic mass is 32.2. The number of ether oxygens (including phenoxy) is 1. The average molecular weight is 260 g/mol. The highest BCUT2D eigenvalue weighted by Crippen LogP contribution is 2.05. The number of esters is 1. The Labute approximate surface area is 98.5 Å². The lowest BCUT2D eigenvalue weighted by atomic mass is 10.4. The molecule has 1 aromatic rings. The molecule has 0 aromatic carbocycles. The van der Waals surface area contributed by atoms with Crippen LogP contribution in [0.1, 0.15) is 0 Å². The van der Waals surface area contributed by atoms with Crippen LogP contribution in [0.25, 0.3) is 0 Å². The van der Waals surface area contributed by atoms with Crippen LogP contribution in [0.2, 0.25) is 0 Å². The second-order valence-corrected chi connectivity index (χ2v) is 4.85. The number of aliphatic hydroxyl groups excluding tert-OH is 1. The molecule has 1 aromatic heterocycles. The minimum absolute atomic E-state index is 0.0444. The second kappa shape index (κ2) is 5.71. The van der Waals surface area contributed by atoms with Crippen molar-refractivity contribution in [3.63, 3.8) is 0 Å². The Bertz CT molecular complexity index is 473. The lowest BCUT2D eigenvalue weighted by Crippen LogP contribution is -2.37. The Kier molecular flexibility index (Phi) is 4.55. The first kappa shape index (κ1) is 13.6. The summed E-state index contributed by atoms with van der Waals surface area (Å²) < 4.78 is 29.6. The van der Waals surface area contributed by atoms with Crippen LogP contribution in [0.4, 0.5) is 0 Å². The monoisotopic (exact) mass is 260 g/mol. The van der Waals surface area contributed by atoms with Crippen molar-refractivity contribution in [1.82, 2.24) is 9.71 Å². The Morgan fingerprint density at radius 1 is 1.65 bits per heavy atom. The number of methoxy groups -OCH3 is 1. The van der Waals surface area contributed by atoms with Gasteiger partial charge in [0.15, 0.2) is 6.10 Å². The Balaban J connectivity index is 2.66. The van der Waals surface area contributed by atoms with Crippen molar-refractivity contribution in [3.8, 4) is 0 Å². The van der Waals surface area contributed by atoms with Gasteiger partial charge in [-0.05, 0) is 12.1 Å². The number of nitrogens with one attached hydrogen (secondary N) is 1. The van der Waals surface area contributed by atoms with Crippen molar-refractivity contribution < 1.29 is 23.1 Å². The van der Waals surface area contributed by atoms with Gasteiger partial charge in [-0.3, -0.25) is 4.98 Å². The van der Waals surface area contributed by atoms with Gasteiger partial charge in [-0.15, -0.1) is 0 Å². The summed E-state index contributed by atoms with van der Waals surface area (Å²) in [5.41, 5.74) is 0. The van der Waals surface area contributed by atoms with Gasteiger partial charge < -0.3 is 9.84 Å². The lowest BCUT2D eigenvalue weighted by molar-refractivity contribution is -0.149. The molecule has 1 unspecified atom stereocenters. The van der Waals surface area contributed by atoms with E-state index in [1.807, 2.05) is 0 Å². The summed E-state index contributed by atoms with van der Waals surface area (Å²) in [5, 5.41) is 9.21. The fraction of sp³-hybridized carbons (Fsp3) is 0.333. The number of pyridine rings is 1. The molecule has 1 atom stereocenters. The quantitative estimate of drug-likeness (QED) is 0.651. The molecule has 1 heterocycles. The Hall–Kier alpha value is -1.51. The van der Waals surface area contributed by atoms with Gasteiger partial charge in [-0.2, -0.15) is 0 Å². The Morgan fingerprint density at radius 2 is 2.35 bits per heavy atom. The molecule has 0 aliphatic heterocycles. The zero-order valence-corrected chi connectivity index (χ0v) is 9.85. The molecule has 8 heteroatoms. The minimum atomic E-state index is -3.78. The second-order valence-electron chi connectivity index (χ2n) is 3.08. The van der Waals surface area contributed by atoms with Crippen LogP contribution >= 0.6 is 0 Å². The maximum atomic E-state index is 11.6. The molecule has 7 nitrogen and oxygen atoms in total. The topological polar surface area (TPSA) is 106 Å². The van der Waals surface area contributed by atoms with E-state index in [4.69, 9.17) is 0 Å². The van der Waals surface area contributed by atoms with Gasteiger partial charge in [0.25, 0.3) is 0 Å². The zero-order chi connectivity index (χ0) is 12.9. The zero-order valence-electron chi connectivity index (χ0n) is 9.03. The van der Waals surface area contributed by atoms with Crippen LogP contribution < -0.4 is 4.72 Å². The molecule has 94 valence electrons. The van der Waals surface area contributed by atoms with Crippen LogP contribution in [0.15, 0.2) is 29.4 Å². The molecule has 0 spiro atoms. The number of aromatic nitrogens is 1. The van der Waals surface area contributed by atoms with E-state index < -0.39 is 28.6 Å². The maximum Gasteiger partial charge on any atom is 0.336 e. The summed E-state index contributed by atoms with van der Waals surface area (Å²) in [6.07, 6.45) is 1.06. The van der Waals surface area contributed by atoms with Gasteiger partial charge in [-0.1, -0.05) is 0 Å². The maximum absolute atomic E-state index is 11.6. The van der Waals surface area contributed by atoms with E-state index in [2.05, 4.69) is 14.4 Å². The molecule has 0 bridgehead atoms. The van der Waals surface area contributed by atoms with Gasteiger partial charge in [0, 0.05) is 18.9 Å². The SMILES string of the molecule is COC(=O)C(O)CNS(=O)(=O)c1cccnc1. The van der Waals surface area contributed by atoms with Crippen molar-refractivity contribution in [2.24, 2.45) is 0 Å². The van der Waals surface area contributed by atoms with Crippen molar-refractivity contribution >= 4 is 16.0 Å². The summed E-state index contributed by atoms with van der Waals surface area (Å²) in [6, 6.07) is 2.81. The van der Waals surface area contributed by atoms with Crippen LogP contribution in [0.5, 0.6) is 0 Å². The van der Waals surface area contributed by atoms with E-state index in [0.717, 1.165) is 13.3 Å². The number of aliphatic hydroxyl groups is 1. The summed E-state index contributed by atoms with van der Waals surface area (Å²) in [6.45, 7) is -0.454. The van der Waals surface area contributed by atoms with Crippen molar-refractivity contribution in [2.75, 3.05) is 13.7 Å². The van der Waals surface area contributed by atoms with Crippen molar-refractivity contribution in [2.45, 2.75) is 11.0 Å². The minimum Gasteiger partial charge on any atom is -0.467 e. The van der Waals surface area contributed by atoms with Crippen LogP contribution in [-0.4, -0.2) is 44.2 Å². The Morgan fingerprint density at radius 3 is 2.88 bits per heavy atom. The predicted molar refractivity (Wildman–Crippen MR) is 57.4 cm³/mol.